The van der Waals surface area contributed by atoms with Gasteiger partial charge in [-0.05, 0) is 32.0 Å². The van der Waals surface area contributed by atoms with Crippen molar-refractivity contribution < 1.29 is 14.5 Å². The van der Waals surface area contributed by atoms with Crippen LogP contribution < -0.4 is 10.1 Å². The van der Waals surface area contributed by atoms with Crippen molar-refractivity contribution >= 4 is 39.9 Å². The Labute approximate surface area is 165 Å². The second-order valence-electron chi connectivity index (χ2n) is 5.98. The van der Waals surface area contributed by atoms with E-state index in [2.05, 4.69) is 15.3 Å². The Kier molecular flexibility index (Phi) is 5.74. The first kappa shape index (κ1) is 19.6. The van der Waals surface area contributed by atoms with E-state index in [4.69, 9.17) is 4.74 Å². The number of carbonyl (C=O) groups excluding carboxylic acids is 1. The summed E-state index contributed by atoms with van der Waals surface area (Å²) in [5.74, 6) is 0.591. The van der Waals surface area contributed by atoms with Crippen LogP contribution in [0.15, 0.2) is 47.5 Å². The quantitative estimate of drug-likeness (QED) is 0.290. The van der Waals surface area contributed by atoms with Crippen molar-refractivity contribution in [1.82, 2.24) is 9.97 Å². The van der Waals surface area contributed by atoms with Crippen LogP contribution in [0.1, 0.15) is 12.7 Å². The van der Waals surface area contributed by atoms with Crippen molar-refractivity contribution in [1.29, 1.82) is 0 Å². The fourth-order valence-corrected chi connectivity index (χ4v) is 3.58. The summed E-state index contributed by atoms with van der Waals surface area (Å²) in [6.07, 6.45) is 0. The number of aromatic nitrogens is 2. The van der Waals surface area contributed by atoms with Gasteiger partial charge in [0.2, 0.25) is 5.91 Å². The molecule has 1 heterocycles. The normalized spacial score (nSPS) is 11.8. The number of anilines is 1. The van der Waals surface area contributed by atoms with Crippen LogP contribution in [0, 0.1) is 17.0 Å². The van der Waals surface area contributed by atoms with E-state index in [1.165, 1.54) is 31.0 Å². The molecule has 3 aromatic rings. The molecule has 0 fully saturated rings. The molecular weight excluding hydrogens is 380 g/mol. The minimum atomic E-state index is -0.558. The molecule has 1 aromatic heterocycles. The van der Waals surface area contributed by atoms with E-state index in [0.29, 0.717) is 16.6 Å². The van der Waals surface area contributed by atoms with Crippen molar-refractivity contribution in [2.75, 3.05) is 12.4 Å². The van der Waals surface area contributed by atoms with Gasteiger partial charge in [0.15, 0.2) is 0 Å². The van der Waals surface area contributed by atoms with Gasteiger partial charge >= 0.3 is 0 Å². The number of hydrogen-bond acceptors (Lipinski definition) is 7. The summed E-state index contributed by atoms with van der Waals surface area (Å²) < 4.78 is 5.01. The molecule has 9 heteroatoms. The predicted molar refractivity (Wildman–Crippen MR) is 108 cm³/mol. The van der Waals surface area contributed by atoms with Gasteiger partial charge in [-0.15, -0.1) is 0 Å². The van der Waals surface area contributed by atoms with Crippen LogP contribution in [0.5, 0.6) is 5.75 Å². The van der Waals surface area contributed by atoms with Gasteiger partial charge < -0.3 is 10.1 Å². The van der Waals surface area contributed by atoms with E-state index < -0.39 is 10.2 Å². The van der Waals surface area contributed by atoms with Crippen molar-refractivity contribution in [2.24, 2.45) is 0 Å². The molecule has 0 unspecified atom stereocenters. The highest BCUT2D eigenvalue weighted by Gasteiger charge is 2.22. The first-order valence-electron chi connectivity index (χ1n) is 8.42. The fourth-order valence-electron chi connectivity index (χ4n) is 2.60. The molecule has 0 radical (unpaired) electrons. The molecule has 0 saturated carbocycles. The van der Waals surface area contributed by atoms with E-state index in [1.54, 1.807) is 19.9 Å². The number of carbonyl (C=O) groups is 1. The number of nitro benzene ring substituents is 1. The lowest BCUT2D eigenvalue weighted by Crippen LogP contribution is -2.23. The standard InChI is InChI=1S/C19H18N4O4S/c1-11(28-19-14-6-4-5-7-15(14)20-12(2)21-19)18(24)22-16-9-8-13(27-3)10-17(16)23(25)26/h4-11H,1-3H3,(H,22,24)/t11-/m1/s1. The molecule has 1 N–H and O–H groups in total. The fraction of sp³-hybridized carbons (Fsp3) is 0.211. The van der Waals surface area contributed by atoms with Crippen LogP contribution in [-0.4, -0.2) is 33.2 Å². The largest absolute Gasteiger partial charge is 0.496 e. The second-order valence-corrected chi connectivity index (χ2v) is 7.31. The lowest BCUT2D eigenvalue weighted by Gasteiger charge is -2.13. The highest BCUT2D eigenvalue weighted by Crippen LogP contribution is 2.32. The van der Waals surface area contributed by atoms with E-state index in [0.717, 1.165) is 10.9 Å². The van der Waals surface area contributed by atoms with Gasteiger partial charge in [0.25, 0.3) is 5.69 Å². The molecule has 8 nitrogen and oxygen atoms in total. The molecule has 28 heavy (non-hydrogen) atoms. The van der Waals surface area contributed by atoms with Gasteiger partial charge in [-0.25, -0.2) is 9.97 Å². The number of aryl methyl sites for hydroxylation is 1. The third-order valence-electron chi connectivity index (χ3n) is 4.00. The molecule has 0 bridgehead atoms. The minimum Gasteiger partial charge on any atom is -0.496 e. The van der Waals surface area contributed by atoms with Crippen LogP contribution in [0.4, 0.5) is 11.4 Å². The van der Waals surface area contributed by atoms with Crippen LogP contribution in [0.2, 0.25) is 0 Å². The summed E-state index contributed by atoms with van der Waals surface area (Å²) in [5.41, 5.74) is 0.691. The van der Waals surface area contributed by atoms with Gasteiger partial charge in [-0.3, -0.25) is 14.9 Å². The van der Waals surface area contributed by atoms with E-state index in [1.807, 2.05) is 24.3 Å². The molecule has 1 amide bonds. The Balaban J connectivity index is 1.82. The third-order valence-corrected chi connectivity index (χ3v) is 5.10. The van der Waals surface area contributed by atoms with E-state index >= 15 is 0 Å². The number of methoxy groups -OCH3 is 1. The van der Waals surface area contributed by atoms with Gasteiger partial charge in [-0.2, -0.15) is 0 Å². The average molecular weight is 398 g/mol. The zero-order valence-corrected chi connectivity index (χ0v) is 16.3. The van der Waals surface area contributed by atoms with Crippen molar-refractivity contribution in [2.45, 2.75) is 24.1 Å². The second kappa shape index (κ2) is 8.22. The Bertz CT molecular complexity index is 1060. The number of nitrogens with zero attached hydrogens (tertiary/aromatic N) is 3. The Hall–Kier alpha value is -3.20. The summed E-state index contributed by atoms with van der Waals surface area (Å²) in [4.78, 5) is 32.2. The number of nitro groups is 1. The summed E-state index contributed by atoms with van der Waals surface area (Å²) in [7, 11) is 1.42. The molecule has 2 aromatic carbocycles. The van der Waals surface area contributed by atoms with Gasteiger partial charge in [0.1, 0.15) is 22.3 Å². The highest BCUT2D eigenvalue weighted by atomic mass is 32.2. The first-order chi connectivity index (χ1) is 13.4. The van der Waals surface area contributed by atoms with Gasteiger partial charge in [0.05, 0.1) is 28.9 Å². The number of hydrogen-bond donors (Lipinski definition) is 1. The zero-order valence-electron chi connectivity index (χ0n) is 15.5. The van der Waals surface area contributed by atoms with Crippen molar-refractivity contribution in [3.05, 3.63) is 58.4 Å². The van der Waals surface area contributed by atoms with Crippen LogP contribution in [0.3, 0.4) is 0 Å². The smallest absolute Gasteiger partial charge is 0.296 e. The Morgan fingerprint density at radius 2 is 2.00 bits per heavy atom. The molecule has 0 aliphatic carbocycles. The number of ether oxygens (including phenoxy) is 1. The molecule has 0 spiro atoms. The topological polar surface area (TPSA) is 107 Å². The molecule has 1 atom stereocenters. The number of rotatable bonds is 6. The lowest BCUT2D eigenvalue weighted by molar-refractivity contribution is -0.384. The third kappa shape index (κ3) is 4.20. The molecule has 0 aliphatic heterocycles. The molecule has 3 rings (SSSR count). The van der Waals surface area contributed by atoms with E-state index in [9.17, 15) is 14.9 Å². The number of fused-ring (bicyclic) bond motifs is 1. The van der Waals surface area contributed by atoms with Crippen molar-refractivity contribution in [3.8, 4) is 5.75 Å². The Morgan fingerprint density at radius 1 is 1.25 bits per heavy atom. The van der Waals surface area contributed by atoms with Crippen LogP contribution >= 0.6 is 11.8 Å². The number of thioether (sulfide) groups is 1. The maximum absolute atomic E-state index is 12.6. The van der Waals surface area contributed by atoms with Gasteiger partial charge in [-0.1, -0.05) is 30.0 Å². The average Bonchev–Trinajstić information content (AvgIpc) is 2.67. The minimum absolute atomic E-state index is 0.118. The monoisotopic (exact) mass is 398 g/mol. The highest BCUT2D eigenvalue weighted by molar-refractivity contribution is 8.00. The van der Waals surface area contributed by atoms with E-state index in [-0.39, 0.29) is 17.3 Å². The summed E-state index contributed by atoms with van der Waals surface area (Å²) >= 11 is 1.28. The summed E-state index contributed by atoms with van der Waals surface area (Å²) in [6, 6.07) is 11.8. The predicted octanol–water partition coefficient (Wildman–Crippen LogP) is 3.97. The van der Waals surface area contributed by atoms with Crippen LogP contribution in [-0.2, 0) is 4.79 Å². The molecule has 0 saturated heterocycles. The number of nitrogens with one attached hydrogen (secondary N) is 1. The molecule has 144 valence electrons. The number of amides is 1. The maximum atomic E-state index is 12.6. The number of para-hydroxylation sites is 1. The Morgan fingerprint density at radius 3 is 2.71 bits per heavy atom. The van der Waals surface area contributed by atoms with Gasteiger partial charge in [0, 0.05) is 5.39 Å². The van der Waals surface area contributed by atoms with Crippen LogP contribution in [0.25, 0.3) is 10.9 Å². The maximum Gasteiger partial charge on any atom is 0.296 e. The SMILES string of the molecule is COc1ccc(NC(=O)[C@@H](C)Sc2nc(C)nc3ccccc23)c([N+](=O)[O-])c1. The lowest BCUT2D eigenvalue weighted by atomic mass is 10.2. The zero-order chi connectivity index (χ0) is 20.3. The summed E-state index contributed by atoms with van der Waals surface area (Å²) in [6.45, 7) is 3.52. The van der Waals surface area contributed by atoms with Crippen molar-refractivity contribution in [3.63, 3.8) is 0 Å². The summed E-state index contributed by atoms with van der Waals surface area (Å²) in [5, 5.41) is 14.9. The first-order valence-corrected chi connectivity index (χ1v) is 9.30. The molecule has 0 aliphatic rings. The molecular formula is C19H18N4O4S. The number of benzene rings is 2.